The predicted octanol–water partition coefficient (Wildman–Crippen LogP) is 2.78. The van der Waals surface area contributed by atoms with E-state index in [9.17, 15) is 18.8 Å². The fourth-order valence-corrected chi connectivity index (χ4v) is 4.60. The Hall–Kier alpha value is -2.86. The summed E-state index contributed by atoms with van der Waals surface area (Å²) in [5.74, 6) is -3.61. The van der Waals surface area contributed by atoms with Gasteiger partial charge in [-0.2, -0.15) is 5.26 Å². The molecule has 8 heteroatoms. The zero-order valence-corrected chi connectivity index (χ0v) is 19.4. The highest BCUT2D eigenvalue weighted by Gasteiger charge is 2.58. The Bertz CT molecular complexity index is 1030. The minimum atomic E-state index is -2.91. The summed E-state index contributed by atoms with van der Waals surface area (Å²) >= 11 is 0. The lowest BCUT2D eigenvalue weighted by Gasteiger charge is -2.43. The van der Waals surface area contributed by atoms with Gasteiger partial charge in [-0.1, -0.05) is 48.5 Å². The molecule has 1 aliphatic heterocycles. The van der Waals surface area contributed by atoms with Crippen LogP contribution in [0.3, 0.4) is 0 Å². The van der Waals surface area contributed by atoms with Gasteiger partial charge in [0.25, 0.3) is 5.92 Å². The summed E-state index contributed by atoms with van der Waals surface area (Å²) in [6, 6.07) is 17.6. The van der Waals surface area contributed by atoms with Crippen LogP contribution < -0.4 is 11.1 Å². The smallest absolute Gasteiger partial charge is 0.252 e. The second-order valence-corrected chi connectivity index (χ2v) is 9.70. The number of alkyl halides is 2. The van der Waals surface area contributed by atoms with Gasteiger partial charge in [0.05, 0.1) is 6.07 Å². The number of rotatable bonds is 7. The third kappa shape index (κ3) is 5.79. The third-order valence-corrected chi connectivity index (χ3v) is 6.74. The minimum Gasteiger partial charge on any atom is -0.338 e. The summed E-state index contributed by atoms with van der Waals surface area (Å²) < 4.78 is 26.3. The number of carbonyl (C=O) groups is 1. The van der Waals surface area contributed by atoms with Crippen molar-refractivity contribution >= 4 is 5.91 Å². The molecule has 1 aliphatic carbocycles. The molecule has 6 nitrogen and oxygen atoms in total. The quantitative estimate of drug-likeness (QED) is 0.654. The highest BCUT2D eigenvalue weighted by atomic mass is 19.3. The number of amides is 1. The van der Waals surface area contributed by atoms with E-state index in [-0.39, 0.29) is 6.42 Å². The lowest BCUT2D eigenvalue weighted by atomic mass is 9.73. The number of hydrogen-bond donors (Lipinski definition) is 2. The normalized spacial score (nSPS) is 20.7. The average Bonchev–Trinajstić information content (AvgIpc) is 2.80. The molecule has 1 heterocycles. The number of nitrogens with two attached hydrogens (primary N) is 1. The van der Waals surface area contributed by atoms with Crippen LogP contribution in [-0.4, -0.2) is 66.4 Å². The molecule has 1 atom stereocenters. The minimum absolute atomic E-state index is 0.277. The lowest BCUT2D eigenvalue weighted by Crippen LogP contribution is -2.67. The highest BCUT2D eigenvalue weighted by molar-refractivity contribution is 5.88. The van der Waals surface area contributed by atoms with E-state index < -0.39 is 36.3 Å². The molecule has 0 radical (unpaired) electrons. The molecule has 3 N–H and O–H groups in total. The van der Waals surface area contributed by atoms with Gasteiger partial charge in [0.1, 0.15) is 11.6 Å². The van der Waals surface area contributed by atoms with Crippen LogP contribution >= 0.6 is 0 Å². The van der Waals surface area contributed by atoms with Crippen LogP contribution in [0.25, 0.3) is 11.1 Å². The van der Waals surface area contributed by atoms with Crippen molar-refractivity contribution in [2.24, 2.45) is 5.73 Å². The van der Waals surface area contributed by atoms with Crippen molar-refractivity contribution in [2.75, 3.05) is 33.2 Å². The molecular formula is C26H31F2N5O. The predicted molar refractivity (Wildman–Crippen MR) is 127 cm³/mol. The van der Waals surface area contributed by atoms with Gasteiger partial charge in [-0.3, -0.25) is 9.69 Å². The van der Waals surface area contributed by atoms with E-state index in [1.54, 1.807) is 0 Å². The van der Waals surface area contributed by atoms with Crippen LogP contribution in [0.15, 0.2) is 48.5 Å². The molecule has 0 spiro atoms. The first kappa shape index (κ1) is 24.3. The fourth-order valence-electron chi connectivity index (χ4n) is 4.60. The molecule has 1 amide bonds. The summed E-state index contributed by atoms with van der Waals surface area (Å²) in [5.41, 5.74) is 8.49. The van der Waals surface area contributed by atoms with E-state index >= 15 is 0 Å². The summed E-state index contributed by atoms with van der Waals surface area (Å²) in [6.07, 6.45) is -1.10. The number of piperazine rings is 1. The molecule has 1 unspecified atom stereocenters. The SMILES string of the molecule is CN1CCN(Cc2ccc(-c3ccc(CC(C#N)NC(=O)C4(N)CC(F)(F)C4)cc3)cc2)CC1. The number of carbonyl (C=O) groups excluding carboxylic acids is 1. The van der Waals surface area contributed by atoms with E-state index in [0.717, 1.165) is 49.4 Å². The van der Waals surface area contributed by atoms with E-state index in [1.165, 1.54) is 5.56 Å². The van der Waals surface area contributed by atoms with Gasteiger partial charge in [-0.25, -0.2) is 8.78 Å². The number of benzene rings is 2. The van der Waals surface area contributed by atoms with Gasteiger partial charge in [0, 0.05) is 52.0 Å². The number of nitrogens with zero attached hydrogens (tertiary/aromatic N) is 3. The van der Waals surface area contributed by atoms with Gasteiger partial charge in [-0.05, 0) is 29.3 Å². The van der Waals surface area contributed by atoms with Crippen molar-refractivity contribution in [1.29, 1.82) is 5.26 Å². The fraction of sp³-hybridized carbons (Fsp3) is 0.462. The molecule has 4 rings (SSSR count). The Morgan fingerprint density at radius 1 is 1.03 bits per heavy atom. The maximum absolute atomic E-state index is 13.1. The molecular weight excluding hydrogens is 436 g/mol. The second-order valence-electron chi connectivity index (χ2n) is 9.70. The summed E-state index contributed by atoms with van der Waals surface area (Å²) in [7, 11) is 2.15. The first-order valence-corrected chi connectivity index (χ1v) is 11.6. The van der Waals surface area contributed by atoms with E-state index in [4.69, 9.17) is 5.73 Å². The van der Waals surface area contributed by atoms with E-state index in [0.29, 0.717) is 0 Å². The van der Waals surface area contributed by atoms with Crippen LogP contribution in [0.4, 0.5) is 8.78 Å². The number of halogens is 2. The molecule has 2 fully saturated rings. The Morgan fingerprint density at radius 3 is 2.06 bits per heavy atom. The first-order valence-electron chi connectivity index (χ1n) is 11.6. The van der Waals surface area contributed by atoms with E-state index in [1.807, 2.05) is 30.3 Å². The zero-order valence-electron chi connectivity index (χ0n) is 19.4. The maximum atomic E-state index is 13.1. The van der Waals surface area contributed by atoms with Gasteiger partial charge in [0.2, 0.25) is 5.91 Å². The summed E-state index contributed by atoms with van der Waals surface area (Å²) in [5, 5.41) is 11.9. The molecule has 0 bridgehead atoms. The monoisotopic (exact) mass is 467 g/mol. The molecule has 1 saturated heterocycles. The standard InChI is InChI=1S/C26H31F2N5O/c1-32-10-12-33(13-11-32)16-20-4-8-22(9-5-20)21-6-2-19(3-7-21)14-23(15-29)31-24(34)25(30)17-26(27,28)18-25/h2-9,23H,10-14,16-18,30H2,1H3,(H,31,34). The van der Waals surface area contributed by atoms with Gasteiger partial charge < -0.3 is 16.0 Å². The zero-order chi connectivity index (χ0) is 24.3. The first-order chi connectivity index (χ1) is 16.2. The number of nitrogens with one attached hydrogen (secondary N) is 1. The van der Waals surface area contributed by atoms with Crippen molar-refractivity contribution in [2.45, 2.75) is 43.3 Å². The van der Waals surface area contributed by atoms with Crippen molar-refractivity contribution in [3.8, 4) is 17.2 Å². The van der Waals surface area contributed by atoms with Crippen LogP contribution in [-0.2, 0) is 17.8 Å². The van der Waals surface area contributed by atoms with Crippen LogP contribution in [0.5, 0.6) is 0 Å². The lowest BCUT2D eigenvalue weighted by molar-refractivity contribution is -0.156. The third-order valence-electron chi connectivity index (χ3n) is 6.74. The molecule has 180 valence electrons. The number of likely N-dealkylation sites (N-methyl/N-ethyl adjacent to an activating group) is 1. The van der Waals surface area contributed by atoms with Crippen molar-refractivity contribution < 1.29 is 13.6 Å². The van der Waals surface area contributed by atoms with Gasteiger partial charge >= 0.3 is 0 Å². The van der Waals surface area contributed by atoms with E-state index in [2.05, 4.69) is 46.4 Å². The van der Waals surface area contributed by atoms with Crippen molar-refractivity contribution in [1.82, 2.24) is 15.1 Å². The van der Waals surface area contributed by atoms with Gasteiger partial charge in [0.15, 0.2) is 0 Å². The highest BCUT2D eigenvalue weighted by Crippen LogP contribution is 2.44. The average molecular weight is 468 g/mol. The van der Waals surface area contributed by atoms with Crippen LogP contribution in [0.2, 0.25) is 0 Å². The van der Waals surface area contributed by atoms with Gasteiger partial charge in [-0.15, -0.1) is 0 Å². The molecule has 2 aromatic carbocycles. The Kier molecular flexibility index (Phi) is 6.99. The summed E-state index contributed by atoms with van der Waals surface area (Å²) in [6.45, 7) is 5.33. The molecule has 34 heavy (non-hydrogen) atoms. The number of nitriles is 1. The largest absolute Gasteiger partial charge is 0.338 e. The van der Waals surface area contributed by atoms with Crippen molar-refractivity contribution in [3.63, 3.8) is 0 Å². The van der Waals surface area contributed by atoms with Crippen LogP contribution in [0, 0.1) is 11.3 Å². The topological polar surface area (TPSA) is 85.4 Å². The molecule has 1 saturated carbocycles. The van der Waals surface area contributed by atoms with Crippen molar-refractivity contribution in [3.05, 3.63) is 59.7 Å². The summed E-state index contributed by atoms with van der Waals surface area (Å²) in [4.78, 5) is 17.1. The molecule has 0 aromatic heterocycles. The maximum Gasteiger partial charge on any atom is 0.252 e. The Labute approximate surface area is 199 Å². The molecule has 2 aromatic rings. The Morgan fingerprint density at radius 2 is 1.56 bits per heavy atom. The number of hydrogen-bond acceptors (Lipinski definition) is 5. The molecule has 2 aliphatic rings. The van der Waals surface area contributed by atoms with Crippen LogP contribution in [0.1, 0.15) is 24.0 Å². The second kappa shape index (κ2) is 9.79. The Balaban J connectivity index is 1.31.